The van der Waals surface area contributed by atoms with Crippen molar-refractivity contribution >= 4 is 11.8 Å². The third kappa shape index (κ3) is 4.72. The standard InChI is InChI=1S/C30H23F3N2O2/c31-30(32,33)25-18-10-7-15-22(25)19-34-28(36)27-23-16-8-9-17-24(23)29(37)35(27)26(20-11-3-1-4-12-20)21-13-5-2-6-14-21/h1-18,26-27H,19H2,(H,34,36). The van der Waals surface area contributed by atoms with Crippen LogP contribution in [0.1, 0.15) is 50.3 Å². The zero-order valence-electron chi connectivity index (χ0n) is 19.7. The number of benzene rings is 4. The van der Waals surface area contributed by atoms with Gasteiger partial charge in [0.15, 0.2) is 0 Å². The van der Waals surface area contributed by atoms with E-state index in [1.54, 1.807) is 24.3 Å². The van der Waals surface area contributed by atoms with E-state index < -0.39 is 29.7 Å². The topological polar surface area (TPSA) is 49.4 Å². The van der Waals surface area contributed by atoms with Gasteiger partial charge >= 0.3 is 6.18 Å². The third-order valence-corrected chi connectivity index (χ3v) is 6.53. The molecule has 4 aromatic carbocycles. The lowest BCUT2D eigenvalue weighted by Crippen LogP contribution is -2.41. The van der Waals surface area contributed by atoms with Crippen LogP contribution in [0.5, 0.6) is 0 Å². The number of nitrogens with zero attached hydrogens (tertiary/aromatic N) is 1. The average Bonchev–Trinajstić information content (AvgIpc) is 3.20. The smallest absolute Gasteiger partial charge is 0.350 e. The molecule has 7 heteroatoms. The molecule has 1 aliphatic heterocycles. The quantitative estimate of drug-likeness (QED) is 0.337. The van der Waals surface area contributed by atoms with Crippen molar-refractivity contribution in [2.75, 3.05) is 0 Å². The molecule has 0 bridgehead atoms. The van der Waals surface area contributed by atoms with Crippen LogP contribution in [0.3, 0.4) is 0 Å². The lowest BCUT2D eigenvalue weighted by atomic mass is 9.95. The van der Waals surface area contributed by atoms with Crippen LogP contribution in [0.25, 0.3) is 0 Å². The van der Waals surface area contributed by atoms with Gasteiger partial charge in [-0.25, -0.2) is 0 Å². The first kappa shape index (κ1) is 24.3. The Kier molecular flexibility index (Phi) is 6.53. The molecule has 0 saturated heterocycles. The number of carbonyl (C=O) groups excluding carboxylic acids is 2. The minimum absolute atomic E-state index is 0.0461. The van der Waals surface area contributed by atoms with Gasteiger partial charge in [-0.05, 0) is 34.4 Å². The van der Waals surface area contributed by atoms with Crippen LogP contribution in [-0.4, -0.2) is 16.7 Å². The predicted molar refractivity (Wildman–Crippen MR) is 133 cm³/mol. The van der Waals surface area contributed by atoms with E-state index >= 15 is 0 Å². The van der Waals surface area contributed by atoms with E-state index in [4.69, 9.17) is 0 Å². The van der Waals surface area contributed by atoms with Crippen LogP contribution in [0.2, 0.25) is 0 Å². The fourth-order valence-electron chi connectivity index (χ4n) is 4.88. The van der Waals surface area contributed by atoms with Gasteiger partial charge in [0.2, 0.25) is 5.91 Å². The molecular formula is C30H23F3N2O2. The van der Waals surface area contributed by atoms with E-state index in [2.05, 4.69) is 5.32 Å². The molecule has 1 aliphatic rings. The van der Waals surface area contributed by atoms with Gasteiger partial charge in [-0.3, -0.25) is 9.59 Å². The maximum Gasteiger partial charge on any atom is 0.416 e. The summed E-state index contributed by atoms with van der Waals surface area (Å²) in [5, 5.41) is 2.67. The molecule has 37 heavy (non-hydrogen) atoms. The Labute approximate surface area is 212 Å². The molecule has 0 radical (unpaired) electrons. The molecule has 186 valence electrons. The zero-order valence-corrected chi connectivity index (χ0v) is 19.7. The second kappa shape index (κ2) is 9.93. The molecule has 0 fully saturated rings. The second-order valence-corrected chi connectivity index (χ2v) is 8.80. The first-order valence-electron chi connectivity index (χ1n) is 11.8. The molecule has 2 amide bonds. The average molecular weight is 501 g/mol. The lowest BCUT2D eigenvalue weighted by Gasteiger charge is -2.33. The molecule has 1 unspecified atom stereocenters. The Hall–Kier alpha value is -4.39. The van der Waals surface area contributed by atoms with Gasteiger partial charge < -0.3 is 10.2 Å². The van der Waals surface area contributed by atoms with Crippen molar-refractivity contribution in [1.29, 1.82) is 0 Å². The van der Waals surface area contributed by atoms with Crippen LogP contribution in [0, 0.1) is 0 Å². The van der Waals surface area contributed by atoms with Crippen molar-refractivity contribution < 1.29 is 22.8 Å². The maximum absolute atomic E-state index is 13.8. The van der Waals surface area contributed by atoms with Crippen molar-refractivity contribution in [2.24, 2.45) is 0 Å². The summed E-state index contributed by atoms with van der Waals surface area (Å²) in [7, 11) is 0. The highest BCUT2D eigenvalue weighted by molar-refractivity contribution is 6.05. The van der Waals surface area contributed by atoms with E-state index in [0.717, 1.165) is 17.2 Å². The largest absolute Gasteiger partial charge is 0.416 e. The van der Waals surface area contributed by atoms with E-state index in [1.807, 2.05) is 60.7 Å². The molecule has 0 spiro atoms. The van der Waals surface area contributed by atoms with Gasteiger partial charge in [0.25, 0.3) is 5.91 Å². The molecular weight excluding hydrogens is 477 g/mol. The van der Waals surface area contributed by atoms with E-state index in [0.29, 0.717) is 11.1 Å². The Morgan fingerprint density at radius 2 is 1.32 bits per heavy atom. The van der Waals surface area contributed by atoms with Gasteiger partial charge in [0.05, 0.1) is 11.6 Å². The molecule has 0 saturated carbocycles. The first-order chi connectivity index (χ1) is 17.9. The van der Waals surface area contributed by atoms with Crippen molar-refractivity contribution in [3.8, 4) is 0 Å². The van der Waals surface area contributed by atoms with Crippen LogP contribution >= 0.6 is 0 Å². The Morgan fingerprint density at radius 1 is 0.784 bits per heavy atom. The monoisotopic (exact) mass is 500 g/mol. The predicted octanol–water partition coefficient (Wildman–Crippen LogP) is 6.31. The fraction of sp³-hybridized carbons (Fsp3) is 0.133. The normalized spacial score (nSPS) is 15.1. The van der Waals surface area contributed by atoms with Crippen molar-refractivity contribution in [2.45, 2.75) is 24.8 Å². The number of amides is 2. The lowest BCUT2D eigenvalue weighted by molar-refractivity contribution is -0.138. The molecule has 5 rings (SSSR count). The summed E-state index contributed by atoms with van der Waals surface area (Å²) in [6, 6.07) is 29.2. The third-order valence-electron chi connectivity index (χ3n) is 6.53. The Morgan fingerprint density at radius 3 is 1.95 bits per heavy atom. The number of halogens is 3. The van der Waals surface area contributed by atoms with Crippen LogP contribution in [-0.2, 0) is 17.5 Å². The number of fused-ring (bicyclic) bond motifs is 1. The van der Waals surface area contributed by atoms with Gasteiger partial charge in [0.1, 0.15) is 6.04 Å². The fourth-order valence-corrected chi connectivity index (χ4v) is 4.88. The van der Waals surface area contributed by atoms with Crippen LogP contribution in [0.15, 0.2) is 109 Å². The Bertz CT molecular complexity index is 1380. The van der Waals surface area contributed by atoms with E-state index in [-0.39, 0.29) is 18.0 Å². The van der Waals surface area contributed by atoms with Gasteiger partial charge in [-0.1, -0.05) is 97.1 Å². The summed E-state index contributed by atoms with van der Waals surface area (Å²) in [4.78, 5) is 29.0. The van der Waals surface area contributed by atoms with Crippen molar-refractivity contribution in [1.82, 2.24) is 10.2 Å². The molecule has 0 aliphatic carbocycles. The minimum atomic E-state index is -4.55. The molecule has 1 heterocycles. The van der Waals surface area contributed by atoms with E-state index in [1.165, 1.54) is 23.1 Å². The summed E-state index contributed by atoms with van der Waals surface area (Å²) in [5.74, 6) is -0.865. The van der Waals surface area contributed by atoms with Gasteiger partial charge in [-0.2, -0.15) is 13.2 Å². The zero-order chi connectivity index (χ0) is 26.0. The van der Waals surface area contributed by atoms with Gasteiger partial charge in [0, 0.05) is 12.1 Å². The highest BCUT2D eigenvalue weighted by Crippen LogP contribution is 2.43. The molecule has 1 atom stereocenters. The minimum Gasteiger partial charge on any atom is -0.350 e. The summed E-state index contributed by atoms with van der Waals surface area (Å²) < 4.78 is 40.5. The molecule has 0 aromatic heterocycles. The number of hydrogen-bond donors (Lipinski definition) is 1. The molecule has 1 N–H and O–H groups in total. The number of alkyl halides is 3. The highest BCUT2D eigenvalue weighted by atomic mass is 19.4. The van der Waals surface area contributed by atoms with Gasteiger partial charge in [-0.15, -0.1) is 0 Å². The van der Waals surface area contributed by atoms with Crippen molar-refractivity contribution in [3.63, 3.8) is 0 Å². The number of carbonyl (C=O) groups is 2. The van der Waals surface area contributed by atoms with Crippen LogP contribution in [0.4, 0.5) is 13.2 Å². The summed E-state index contributed by atoms with van der Waals surface area (Å²) in [6.07, 6.45) is -4.55. The van der Waals surface area contributed by atoms with Crippen molar-refractivity contribution in [3.05, 3.63) is 143 Å². The number of rotatable bonds is 6. The maximum atomic E-state index is 13.8. The molecule has 4 nitrogen and oxygen atoms in total. The summed E-state index contributed by atoms with van der Waals surface area (Å²) in [5.41, 5.74) is 1.70. The molecule has 4 aromatic rings. The number of hydrogen-bond acceptors (Lipinski definition) is 2. The summed E-state index contributed by atoms with van der Waals surface area (Å²) >= 11 is 0. The van der Waals surface area contributed by atoms with E-state index in [9.17, 15) is 22.8 Å². The SMILES string of the molecule is O=C(NCc1ccccc1C(F)(F)F)C1c2ccccc2C(=O)N1C(c1ccccc1)c1ccccc1. The number of nitrogens with one attached hydrogen (secondary N) is 1. The van der Waals surface area contributed by atoms with Crippen LogP contribution < -0.4 is 5.32 Å². The second-order valence-electron chi connectivity index (χ2n) is 8.80. The summed E-state index contributed by atoms with van der Waals surface area (Å²) in [6.45, 7) is -0.323. The first-order valence-corrected chi connectivity index (χ1v) is 11.8. The highest BCUT2D eigenvalue weighted by Gasteiger charge is 2.45. The Balaban J connectivity index is 1.55.